The smallest absolute Gasteiger partial charge is 0.332 e. The van der Waals surface area contributed by atoms with Crippen LogP contribution in [0.3, 0.4) is 0 Å². The molecule has 0 radical (unpaired) electrons. The van der Waals surface area contributed by atoms with E-state index in [9.17, 15) is 4.57 Å². The van der Waals surface area contributed by atoms with E-state index in [-0.39, 0.29) is 12.2 Å². The van der Waals surface area contributed by atoms with Crippen LogP contribution in [-0.4, -0.2) is 37.1 Å². The average Bonchev–Trinajstić information content (AvgIpc) is 2.43. The maximum Gasteiger partial charge on any atom is 0.389 e. The van der Waals surface area contributed by atoms with E-state index < -0.39 is 6.80 Å². The molecule has 2 aliphatic rings. The van der Waals surface area contributed by atoms with Crippen LogP contribution in [0.2, 0.25) is 0 Å². The fraction of sp³-hybridized carbons (Fsp3) is 1.00. The zero-order valence-electron chi connectivity index (χ0n) is 14.5. The number of hydrogen-bond acceptors (Lipinski definition) is 4. The lowest BCUT2D eigenvalue weighted by molar-refractivity contribution is -0.939. The molecular weight excluding hydrogens is 317 g/mol. The predicted octanol–water partition coefficient (Wildman–Crippen LogP) is 3.53. The van der Waals surface area contributed by atoms with E-state index in [0.29, 0.717) is 5.92 Å². The maximum atomic E-state index is 12.9. The van der Waals surface area contributed by atoms with Gasteiger partial charge in [-0.05, 0) is 71.2 Å². The molecule has 3 atom stereocenters. The van der Waals surface area contributed by atoms with Crippen molar-refractivity contribution in [2.24, 2.45) is 5.92 Å². The summed E-state index contributed by atoms with van der Waals surface area (Å²) in [6.07, 6.45) is 6.50. The first kappa shape index (κ1) is 18.8. The minimum atomic E-state index is -3.04. The fourth-order valence-corrected chi connectivity index (χ4v) is 8.26. The van der Waals surface area contributed by atoms with Gasteiger partial charge in [0.25, 0.3) is 0 Å². The van der Waals surface area contributed by atoms with Crippen molar-refractivity contribution in [2.75, 3.05) is 18.8 Å². The first-order valence-corrected chi connectivity index (χ1v) is 12.0. The van der Waals surface area contributed by atoms with E-state index in [1.807, 2.05) is 27.7 Å². The molecule has 130 valence electrons. The van der Waals surface area contributed by atoms with Crippen LogP contribution in [-0.2, 0) is 13.6 Å². The van der Waals surface area contributed by atoms with Crippen LogP contribution in [0.1, 0.15) is 59.8 Å². The van der Waals surface area contributed by atoms with Crippen molar-refractivity contribution >= 4 is 18.2 Å². The van der Waals surface area contributed by atoms with Crippen LogP contribution in [0.25, 0.3) is 0 Å². The SMILES string of the molecule is CC(C)OP(=O)(OC(C)C)SC[C@H]1CCC[NH+]2CCCC[C@H]12. The van der Waals surface area contributed by atoms with Crippen molar-refractivity contribution in [3.8, 4) is 0 Å². The van der Waals surface area contributed by atoms with Crippen LogP contribution in [0.15, 0.2) is 0 Å². The molecule has 0 aromatic carbocycles. The largest absolute Gasteiger partial charge is 0.389 e. The van der Waals surface area contributed by atoms with Gasteiger partial charge in [-0.15, -0.1) is 0 Å². The first-order chi connectivity index (χ1) is 10.4. The molecule has 0 aromatic heterocycles. The Morgan fingerprint density at radius 1 is 1.05 bits per heavy atom. The molecule has 1 unspecified atom stereocenters. The zero-order valence-corrected chi connectivity index (χ0v) is 16.3. The minimum Gasteiger partial charge on any atom is -0.332 e. The molecule has 6 heteroatoms. The van der Waals surface area contributed by atoms with Crippen molar-refractivity contribution in [2.45, 2.75) is 78.0 Å². The second-order valence-electron chi connectivity index (χ2n) is 7.21. The topological polar surface area (TPSA) is 40.0 Å². The van der Waals surface area contributed by atoms with Gasteiger partial charge in [0.15, 0.2) is 0 Å². The van der Waals surface area contributed by atoms with E-state index in [0.717, 1.165) is 11.8 Å². The fourth-order valence-electron chi connectivity index (χ4n) is 3.77. The number of rotatable bonds is 7. The molecule has 2 heterocycles. The molecule has 0 amide bonds. The van der Waals surface area contributed by atoms with Crippen molar-refractivity contribution in [3.05, 3.63) is 0 Å². The third kappa shape index (κ3) is 5.52. The summed E-state index contributed by atoms with van der Waals surface area (Å²) < 4.78 is 24.3. The average molecular weight is 350 g/mol. The second-order valence-corrected chi connectivity index (χ2v) is 11.2. The van der Waals surface area contributed by atoms with E-state index in [1.54, 1.807) is 4.90 Å². The summed E-state index contributed by atoms with van der Waals surface area (Å²) in [5.74, 6) is 1.57. The van der Waals surface area contributed by atoms with Crippen LogP contribution in [0.4, 0.5) is 0 Å². The van der Waals surface area contributed by atoms with Crippen LogP contribution in [0, 0.1) is 5.92 Å². The highest BCUT2D eigenvalue weighted by atomic mass is 32.7. The quantitative estimate of drug-likeness (QED) is 0.713. The Labute approximate surface area is 140 Å². The van der Waals surface area contributed by atoms with Crippen LogP contribution < -0.4 is 4.90 Å². The highest BCUT2D eigenvalue weighted by molar-refractivity contribution is 8.55. The molecular formula is C16H33NO3PS+. The Hall–Kier alpha value is 0.460. The summed E-state index contributed by atoms with van der Waals surface area (Å²) in [7, 11) is 0. The zero-order chi connectivity index (χ0) is 16.2. The maximum absolute atomic E-state index is 12.9. The Morgan fingerprint density at radius 2 is 1.68 bits per heavy atom. The summed E-state index contributed by atoms with van der Waals surface area (Å²) in [4.78, 5) is 1.78. The van der Waals surface area contributed by atoms with Gasteiger partial charge < -0.3 is 4.90 Å². The van der Waals surface area contributed by atoms with Gasteiger partial charge >= 0.3 is 6.80 Å². The van der Waals surface area contributed by atoms with Gasteiger partial charge in [0.05, 0.1) is 31.3 Å². The number of nitrogens with one attached hydrogen (secondary N) is 1. The molecule has 0 aromatic rings. The number of fused-ring (bicyclic) bond motifs is 1. The minimum absolute atomic E-state index is 0.0692. The van der Waals surface area contributed by atoms with Gasteiger partial charge in [-0.2, -0.15) is 0 Å². The van der Waals surface area contributed by atoms with E-state index in [1.165, 1.54) is 56.6 Å². The van der Waals surface area contributed by atoms with Crippen molar-refractivity contribution in [1.29, 1.82) is 0 Å². The Balaban J connectivity index is 1.94. The molecule has 1 N–H and O–H groups in total. The standard InChI is InChI=1S/C16H32NO3PS/c1-13(2)19-21(18,20-14(3)4)22-12-15-8-7-11-17-10-6-5-9-16(15)17/h13-16H,5-12H2,1-4H3/p+1/t15-,16-/m1/s1. The van der Waals surface area contributed by atoms with Crippen molar-refractivity contribution in [1.82, 2.24) is 0 Å². The Bertz CT molecular complexity index is 376. The van der Waals surface area contributed by atoms with E-state index in [4.69, 9.17) is 9.05 Å². The van der Waals surface area contributed by atoms with E-state index >= 15 is 0 Å². The molecule has 4 nitrogen and oxygen atoms in total. The molecule has 0 aliphatic carbocycles. The molecule has 2 aliphatic heterocycles. The molecule has 2 fully saturated rings. The molecule has 0 spiro atoms. The summed E-state index contributed by atoms with van der Waals surface area (Å²) in [5.41, 5.74) is 0. The highest BCUT2D eigenvalue weighted by Crippen LogP contribution is 2.62. The molecule has 22 heavy (non-hydrogen) atoms. The number of hydrogen-bond donors (Lipinski definition) is 1. The summed E-state index contributed by atoms with van der Waals surface area (Å²) in [6.45, 7) is 7.30. The molecule has 0 saturated carbocycles. The number of quaternary nitrogens is 1. The van der Waals surface area contributed by atoms with E-state index in [2.05, 4.69) is 0 Å². The Morgan fingerprint density at radius 3 is 2.32 bits per heavy atom. The third-order valence-corrected chi connectivity index (χ3v) is 8.72. The van der Waals surface area contributed by atoms with Gasteiger partial charge in [-0.1, -0.05) is 0 Å². The van der Waals surface area contributed by atoms with Gasteiger partial charge in [-0.3, -0.25) is 9.05 Å². The summed E-state index contributed by atoms with van der Waals surface area (Å²) in [6, 6.07) is 0.765. The van der Waals surface area contributed by atoms with Gasteiger partial charge in [0.1, 0.15) is 0 Å². The number of piperidine rings is 2. The normalized spacial score (nSPS) is 29.8. The lowest BCUT2D eigenvalue weighted by Crippen LogP contribution is -3.18. The lowest BCUT2D eigenvalue weighted by atomic mass is 9.85. The van der Waals surface area contributed by atoms with Crippen LogP contribution in [0.5, 0.6) is 0 Å². The highest BCUT2D eigenvalue weighted by Gasteiger charge is 2.39. The van der Waals surface area contributed by atoms with Gasteiger partial charge in [-0.25, -0.2) is 4.57 Å². The third-order valence-electron chi connectivity index (χ3n) is 4.56. The van der Waals surface area contributed by atoms with Gasteiger partial charge in [0.2, 0.25) is 0 Å². The first-order valence-electron chi connectivity index (χ1n) is 8.85. The monoisotopic (exact) mass is 350 g/mol. The predicted molar refractivity (Wildman–Crippen MR) is 93.6 cm³/mol. The van der Waals surface area contributed by atoms with Crippen molar-refractivity contribution < 1.29 is 18.5 Å². The molecule has 2 rings (SSSR count). The molecule has 0 bridgehead atoms. The lowest BCUT2D eigenvalue weighted by Gasteiger charge is -2.41. The van der Waals surface area contributed by atoms with Crippen LogP contribution >= 0.6 is 18.2 Å². The molecule has 2 saturated heterocycles. The second kappa shape index (κ2) is 8.53. The van der Waals surface area contributed by atoms with Crippen molar-refractivity contribution in [3.63, 3.8) is 0 Å². The van der Waals surface area contributed by atoms with Gasteiger partial charge in [0, 0.05) is 11.7 Å². The summed E-state index contributed by atoms with van der Waals surface area (Å²) >= 11 is 1.44. The summed E-state index contributed by atoms with van der Waals surface area (Å²) in [5, 5.41) is 0. The Kier molecular flexibility index (Phi) is 7.28.